The van der Waals surface area contributed by atoms with Gasteiger partial charge in [-0.3, -0.25) is 9.59 Å². The van der Waals surface area contributed by atoms with Crippen LogP contribution in [0.2, 0.25) is 0 Å². The van der Waals surface area contributed by atoms with Gasteiger partial charge in [0.05, 0.1) is 0 Å². The number of nitrogens with zero attached hydrogens (tertiary/aromatic N) is 2. The van der Waals surface area contributed by atoms with Crippen molar-refractivity contribution in [2.45, 2.75) is 40.0 Å². The Bertz CT molecular complexity index is 822. The lowest BCUT2D eigenvalue weighted by atomic mass is 9.99. The van der Waals surface area contributed by atoms with Gasteiger partial charge in [0.1, 0.15) is 6.54 Å². The first-order valence-electron chi connectivity index (χ1n) is 10.5. The molecule has 0 radical (unpaired) electrons. The van der Waals surface area contributed by atoms with E-state index in [-0.39, 0.29) is 18.4 Å². The zero-order valence-corrected chi connectivity index (χ0v) is 17.6. The molecule has 1 aliphatic rings. The molecule has 5 heteroatoms. The van der Waals surface area contributed by atoms with Gasteiger partial charge in [-0.25, -0.2) is 0 Å². The summed E-state index contributed by atoms with van der Waals surface area (Å²) >= 11 is 0. The summed E-state index contributed by atoms with van der Waals surface area (Å²) in [7, 11) is 0. The smallest absolute Gasteiger partial charge is 0.244 e. The number of hydrogen-bond donors (Lipinski definition) is 1. The van der Waals surface area contributed by atoms with Gasteiger partial charge in [0.15, 0.2) is 0 Å². The molecular formula is C24H31N3O2. The van der Waals surface area contributed by atoms with Crippen LogP contribution < -0.4 is 15.1 Å². The molecule has 1 heterocycles. The van der Waals surface area contributed by atoms with E-state index in [1.807, 2.05) is 36.4 Å². The van der Waals surface area contributed by atoms with E-state index >= 15 is 0 Å². The number of rotatable bonds is 6. The standard InChI is InChI=1S/C24H31N3O2/c1-4-20-5-9-23(10-6-20)27(19(3)28)17-24(29)25-21-7-11-22(12-8-21)26-15-13-18(2)14-16-26/h5-12,18H,4,13-17H2,1-3H3,(H,25,29). The predicted octanol–water partition coefficient (Wildman–Crippen LogP) is 4.48. The molecule has 2 aromatic carbocycles. The highest BCUT2D eigenvalue weighted by molar-refractivity contribution is 6.01. The number of carbonyl (C=O) groups excluding carboxylic acids is 2. The minimum Gasteiger partial charge on any atom is -0.372 e. The van der Waals surface area contributed by atoms with Gasteiger partial charge < -0.3 is 15.1 Å². The Labute approximate surface area is 173 Å². The van der Waals surface area contributed by atoms with Crippen molar-refractivity contribution in [3.05, 3.63) is 54.1 Å². The van der Waals surface area contributed by atoms with E-state index in [4.69, 9.17) is 0 Å². The second-order valence-electron chi connectivity index (χ2n) is 7.89. The molecule has 0 saturated carbocycles. The third kappa shape index (κ3) is 5.59. The molecule has 1 N–H and O–H groups in total. The molecule has 0 atom stereocenters. The van der Waals surface area contributed by atoms with Crippen LogP contribution in [0, 0.1) is 5.92 Å². The van der Waals surface area contributed by atoms with Crippen LogP contribution in [0.25, 0.3) is 0 Å². The molecular weight excluding hydrogens is 362 g/mol. The maximum absolute atomic E-state index is 12.5. The van der Waals surface area contributed by atoms with Crippen LogP contribution in [-0.4, -0.2) is 31.4 Å². The molecule has 0 spiro atoms. The number of piperidine rings is 1. The van der Waals surface area contributed by atoms with Crippen molar-refractivity contribution in [2.75, 3.05) is 34.8 Å². The average Bonchev–Trinajstić information content (AvgIpc) is 2.73. The lowest BCUT2D eigenvalue weighted by Crippen LogP contribution is -2.36. The Morgan fingerprint density at radius 1 is 1.03 bits per heavy atom. The molecule has 2 amide bonds. The van der Waals surface area contributed by atoms with Gasteiger partial charge in [-0.15, -0.1) is 0 Å². The second-order valence-corrected chi connectivity index (χ2v) is 7.89. The van der Waals surface area contributed by atoms with Gasteiger partial charge in [0.2, 0.25) is 11.8 Å². The van der Waals surface area contributed by atoms with Gasteiger partial charge in [-0.05, 0) is 67.1 Å². The zero-order chi connectivity index (χ0) is 20.8. The molecule has 1 saturated heterocycles. The Hall–Kier alpha value is -2.82. The number of amides is 2. The number of benzene rings is 2. The van der Waals surface area contributed by atoms with Gasteiger partial charge in [0.25, 0.3) is 0 Å². The van der Waals surface area contributed by atoms with Crippen LogP contribution in [0.1, 0.15) is 39.2 Å². The first kappa shape index (κ1) is 20.9. The summed E-state index contributed by atoms with van der Waals surface area (Å²) in [4.78, 5) is 28.5. The summed E-state index contributed by atoms with van der Waals surface area (Å²) in [6.07, 6.45) is 3.38. The Balaban J connectivity index is 1.60. The molecule has 29 heavy (non-hydrogen) atoms. The summed E-state index contributed by atoms with van der Waals surface area (Å²) in [6.45, 7) is 8.02. The molecule has 0 unspecified atom stereocenters. The lowest BCUT2D eigenvalue weighted by Gasteiger charge is -2.32. The molecule has 1 fully saturated rings. The van der Waals surface area contributed by atoms with Gasteiger partial charge in [-0.2, -0.15) is 0 Å². The third-order valence-corrected chi connectivity index (χ3v) is 5.64. The Kier molecular flexibility index (Phi) is 6.91. The van der Waals surface area contributed by atoms with Crippen molar-refractivity contribution in [1.29, 1.82) is 0 Å². The van der Waals surface area contributed by atoms with E-state index in [0.29, 0.717) is 0 Å². The highest BCUT2D eigenvalue weighted by Gasteiger charge is 2.17. The summed E-state index contributed by atoms with van der Waals surface area (Å²) in [5.41, 5.74) is 3.87. The van der Waals surface area contributed by atoms with Crippen LogP contribution >= 0.6 is 0 Å². The van der Waals surface area contributed by atoms with E-state index < -0.39 is 0 Å². The summed E-state index contributed by atoms with van der Waals surface area (Å²) < 4.78 is 0. The summed E-state index contributed by atoms with van der Waals surface area (Å²) in [6, 6.07) is 15.7. The Morgan fingerprint density at radius 2 is 1.66 bits per heavy atom. The third-order valence-electron chi connectivity index (χ3n) is 5.64. The maximum atomic E-state index is 12.5. The van der Waals surface area contributed by atoms with Crippen molar-refractivity contribution >= 4 is 28.9 Å². The van der Waals surface area contributed by atoms with Crippen LogP contribution in [-0.2, 0) is 16.0 Å². The summed E-state index contributed by atoms with van der Waals surface area (Å²) in [5.74, 6) is 0.436. The average molecular weight is 394 g/mol. The fourth-order valence-electron chi connectivity index (χ4n) is 3.66. The number of aryl methyl sites for hydroxylation is 1. The summed E-state index contributed by atoms with van der Waals surface area (Å²) in [5, 5.41) is 2.91. The van der Waals surface area contributed by atoms with Crippen LogP contribution in [0.15, 0.2) is 48.5 Å². The van der Waals surface area contributed by atoms with E-state index in [2.05, 4.69) is 36.2 Å². The van der Waals surface area contributed by atoms with Crippen LogP contribution in [0.4, 0.5) is 17.1 Å². The molecule has 2 aromatic rings. The van der Waals surface area contributed by atoms with E-state index in [0.717, 1.165) is 36.8 Å². The molecule has 1 aliphatic heterocycles. The monoisotopic (exact) mass is 393 g/mol. The number of anilines is 3. The van der Waals surface area contributed by atoms with E-state index in [1.54, 1.807) is 0 Å². The van der Waals surface area contributed by atoms with Crippen molar-refractivity contribution in [3.63, 3.8) is 0 Å². The van der Waals surface area contributed by atoms with E-state index in [9.17, 15) is 9.59 Å². The Morgan fingerprint density at radius 3 is 2.21 bits per heavy atom. The molecule has 154 valence electrons. The van der Waals surface area contributed by atoms with Crippen molar-refractivity contribution in [3.8, 4) is 0 Å². The first-order valence-corrected chi connectivity index (χ1v) is 10.5. The molecule has 0 aromatic heterocycles. The minimum absolute atomic E-state index is 0.00737. The first-order chi connectivity index (χ1) is 14.0. The quantitative estimate of drug-likeness (QED) is 0.787. The number of hydrogen-bond acceptors (Lipinski definition) is 3. The predicted molar refractivity (Wildman–Crippen MR) is 120 cm³/mol. The van der Waals surface area contributed by atoms with Crippen LogP contribution in [0.5, 0.6) is 0 Å². The normalized spacial score (nSPS) is 14.5. The number of nitrogens with one attached hydrogen (secondary N) is 1. The number of carbonyl (C=O) groups is 2. The molecule has 0 bridgehead atoms. The van der Waals surface area contributed by atoms with Crippen LogP contribution in [0.3, 0.4) is 0 Å². The fourth-order valence-corrected chi connectivity index (χ4v) is 3.66. The molecule has 0 aliphatic carbocycles. The second kappa shape index (κ2) is 9.59. The van der Waals surface area contributed by atoms with Crippen molar-refractivity contribution in [2.24, 2.45) is 5.92 Å². The highest BCUT2D eigenvalue weighted by Crippen LogP contribution is 2.24. The van der Waals surface area contributed by atoms with Gasteiger partial charge >= 0.3 is 0 Å². The largest absolute Gasteiger partial charge is 0.372 e. The van der Waals surface area contributed by atoms with Gasteiger partial charge in [-0.1, -0.05) is 26.0 Å². The van der Waals surface area contributed by atoms with Gasteiger partial charge in [0, 0.05) is 37.1 Å². The zero-order valence-electron chi connectivity index (χ0n) is 17.6. The van der Waals surface area contributed by atoms with E-state index in [1.165, 1.54) is 35.9 Å². The van der Waals surface area contributed by atoms with Crippen molar-refractivity contribution in [1.82, 2.24) is 0 Å². The highest BCUT2D eigenvalue weighted by atomic mass is 16.2. The van der Waals surface area contributed by atoms with Crippen molar-refractivity contribution < 1.29 is 9.59 Å². The topological polar surface area (TPSA) is 52.7 Å². The minimum atomic E-state index is -0.209. The molecule has 5 nitrogen and oxygen atoms in total. The molecule has 3 rings (SSSR count). The SMILES string of the molecule is CCc1ccc(N(CC(=O)Nc2ccc(N3CCC(C)CC3)cc2)C(C)=O)cc1. The maximum Gasteiger partial charge on any atom is 0.244 e. The fraction of sp³-hybridized carbons (Fsp3) is 0.417. The lowest BCUT2D eigenvalue weighted by molar-refractivity contribution is -0.120.